The van der Waals surface area contributed by atoms with Crippen LogP contribution in [0.15, 0.2) is 176 Å². The molecule has 0 spiro atoms. The summed E-state index contributed by atoms with van der Waals surface area (Å²) in [4.78, 5) is 11.3. The van der Waals surface area contributed by atoms with E-state index in [4.69, 9.17) is 9.97 Å². The van der Waals surface area contributed by atoms with Crippen molar-refractivity contribution in [2.45, 2.75) is 0 Å². The van der Waals surface area contributed by atoms with Gasteiger partial charge in [-0.1, -0.05) is 0 Å². The molecule has 0 radical (unpaired) electrons. The number of fused-ring (bicyclic) bond motifs is 10. The summed E-state index contributed by atoms with van der Waals surface area (Å²) >= 11 is -1.86. The second-order valence-electron chi connectivity index (χ2n) is 13.3. The second-order valence-corrected chi connectivity index (χ2v) is 22.1. The molecule has 0 N–H and O–H groups in total. The van der Waals surface area contributed by atoms with Crippen LogP contribution in [-0.2, 0) is 0 Å². The van der Waals surface area contributed by atoms with E-state index < -0.39 is 13.3 Å². The molecule has 0 saturated heterocycles. The zero-order valence-corrected chi connectivity index (χ0v) is 30.4. The Hall–Kier alpha value is -5.82. The summed E-state index contributed by atoms with van der Waals surface area (Å²) < 4.78 is 10.5. The number of hydrogen-bond donors (Lipinski definition) is 0. The predicted octanol–water partition coefficient (Wildman–Crippen LogP) is 8.97. The van der Waals surface area contributed by atoms with Crippen LogP contribution in [0.25, 0.3) is 70.4 Å². The van der Waals surface area contributed by atoms with Crippen molar-refractivity contribution in [3.05, 3.63) is 176 Å². The number of nitrogens with zero attached hydrogens (tertiary/aromatic N) is 3. The van der Waals surface area contributed by atoms with Crippen LogP contribution in [0.1, 0.15) is 0 Å². The van der Waals surface area contributed by atoms with Crippen molar-refractivity contribution in [3.8, 4) is 28.5 Å². The van der Waals surface area contributed by atoms with E-state index in [1.807, 2.05) is 11.3 Å². The molecule has 11 rings (SSSR count). The van der Waals surface area contributed by atoms with Crippen LogP contribution in [0.5, 0.6) is 0 Å². The minimum atomic E-state index is -3.75. The number of benzene rings is 7. The van der Waals surface area contributed by atoms with Crippen LogP contribution >= 0.6 is 11.3 Å². The molecule has 0 amide bonds. The van der Waals surface area contributed by atoms with E-state index >= 15 is 0 Å². The Morgan fingerprint density at radius 1 is 0.490 bits per heavy atom. The Balaban J connectivity index is 1.37. The maximum absolute atomic E-state index is 5.71. The van der Waals surface area contributed by atoms with Crippen LogP contribution in [0.4, 0.5) is 0 Å². The monoisotopic (exact) mass is 729 g/mol. The van der Waals surface area contributed by atoms with Gasteiger partial charge in [0.2, 0.25) is 0 Å². The van der Waals surface area contributed by atoms with Gasteiger partial charge in [0, 0.05) is 0 Å². The molecule has 1 aliphatic rings. The van der Waals surface area contributed by atoms with Crippen molar-refractivity contribution in [2.75, 3.05) is 0 Å². The molecular formula is C46H29GeN3S. The summed E-state index contributed by atoms with van der Waals surface area (Å²) in [6.07, 6.45) is 0. The van der Waals surface area contributed by atoms with Crippen LogP contribution < -0.4 is 17.6 Å². The summed E-state index contributed by atoms with van der Waals surface area (Å²) in [5, 5.41) is 5.14. The Morgan fingerprint density at radius 2 is 1.12 bits per heavy atom. The molecule has 238 valence electrons. The molecule has 0 atom stereocenters. The van der Waals surface area contributed by atoms with E-state index in [0.29, 0.717) is 0 Å². The van der Waals surface area contributed by atoms with E-state index in [1.54, 1.807) is 0 Å². The van der Waals surface area contributed by atoms with Gasteiger partial charge in [-0.05, 0) is 0 Å². The number of thiophene rings is 1. The summed E-state index contributed by atoms with van der Waals surface area (Å²) in [7, 11) is 0. The normalized spacial score (nSPS) is 13.3. The molecule has 0 fully saturated rings. The number of para-hydroxylation sites is 1. The van der Waals surface area contributed by atoms with Gasteiger partial charge in [0.25, 0.3) is 0 Å². The van der Waals surface area contributed by atoms with Crippen LogP contribution in [0.2, 0.25) is 0 Å². The third kappa shape index (κ3) is 4.00. The fraction of sp³-hybridized carbons (Fsp3) is 0. The number of rotatable bonds is 4. The SMILES string of the molecule is c1ccc(-c2nc3[c](c(-n4c5ccccc5c5c6sc7ccccc7c6ccc54)n2)[Ge]([c]2ccccc2)([c]2ccccc2)[c]2ccccc2-3)cc1. The van der Waals surface area contributed by atoms with E-state index in [9.17, 15) is 0 Å². The molecule has 1 aliphatic heterocycles. The van der Waals surface area contributed by atoms with E-state index in [2.05, 4.69) is 180 Å². The first-order valence-corrected chi connectivity index (χ1v) is 22.4. The first-order valence-electron chi connectivity index (χ1n) is 17.3. The van der Waals surface area contributed by atoms with E-state index in [1.165, 1.54) is 59.6 Å². The average molecular weight is 728 g/mol. The fourth-order valence-corrected chi connectivity index (χ4v) is 20.8. The third-order valence-electron chi connectivity index (χ3n) is 10.7. The van der Waals surface area contributed by atoms with Crippen molar-refractivity contribution < 1.29 is 0 Å². The Morgan fingerprint density at radius 3 is 1.88 bits per heavy atom. The van der Waals surface area contributed by atoms with Crippen molar-refractivity contribution in [3.63, 3.8) is 0 Å². The molecule has 51 heavy (non-hydrogen) atoms. The van der Waals surface area contributed by atoms with Gasteiger partial charge in [-0.3, -0.25) is 0 Å². The zero-order chi connectivity index (χ0) is 33.5. The Bertz CT molecular complexity index is 2930. The topological polar surface area (TPSA) is 30.7 Å². The average Bonchev–Trinajstić information content (AvgIpc) is 3.85. The Labute approximate surface area is 301 Å². The summed E-state index contributed by atoms with van der Waals surface area (Å²) in [6, 6.07) is 64.3. The molecule has 0 saturated carbocycles. The van der Waals surface area contributed by atoms with E-state index in [-0.39, 0.29) is 0 Å². The molecule has 0 aliphatic carbocycles. The molecule has 7 aromatic carbocycles. The van der Waals surface area contributed by atoms with Gasteiger partial charge in [0.15, 0.2) is 0 Å². The first kappa shape index (κ1) is 29.0. The van der Waals surface area contributed by atoms with Crippen molar-refractivity contribution in [2.24, 2.45) is 0 Å². The third-order valence-corrected chi connectivity index (χ3v) is 22.1. The van der Waals surface area contributed by atoms with Gasteiger partial charge in [0.05, 0.1) is 0 Å². The molecule has 5 heteroatoms. The summed E-state index contributed by atoms with van der Waals surface area (Å²) in [5.41, 5.74) is 5.61. The van der Waals surface area contributed by atoms with Gasteiger partial charge < -0.3 is 0 Å². The van der Waals surface area contributed by atoms with E-state index in [0.717, 1.165) is 28.4 Å². The quantitative estimate of drug-likeness (QED) is 0.170. The van der Waals surface area contributed by atoms with Crippen molar-refractivity contribution in [1.29, 1.82) is 0 Å². The van der Waals surface area contributed by atoms with Crippen LogP contribution in [0.3, 0.4) is 0 Å². The molecule has 4 heterocycles. The molecular weight excluding hydrogens is 699 g/mol. The van der Waals surface area contributed by atoms with Crippen molar-refractivity contribution >= 4 is 84.2 Å². The van der Waals surface area contributed by atoms with Gasteiger partial charge in [-0.2, -0.15) is 0 Å². The maximum atomic E-state index is 5.71. The van der Waals surface area contributed by atoms with Gasteiger partial charge in [-0.15, -0.1) is 0 Å². The predicted molar refractivity (Wildman–Crippen MR) is 217 cm³/mol. The van der Waals surface area contributed by atoms with Crippen LogP contribution in [-0.4, -0.2) is 27.8 Å². The van der Waals surface area contributed by atoms with Crippen molar-refractivity contribution in [1.82, 2.24) is 14.5 Å². The molecule has 0 bridgehead atoms. The zero-order valence-electron chi connectivity index (χ0n) is 27.5. The summed E-state index contributed by atoms with van der Waals surface area (Å²) in [5.74, 6) is 1.72. The molecule has 0 unspecified atom stereocenters. The fourth-order valence-electron chi connectivity index (χ4n) is 8.62. The summed E-state index contributed by atoms with van der Waals surface area (Å²) in [6.45, 7) is 0. The minimum absolute atomic E-state index is 0.743. The molecule has 10 aromatic rings. The standard InChI is InChI=1S/C46H29GeN3S/c1-4-16-30(17-5-1)45-48-43-35-23-10-13-25-37(35)47(31-18-6-2-7-19-31,32-20-8-3-9-21-32)42(43)46(49-45)50-38-26-14-11-24-36(38)41-39(50)29-28-34-33-22-12-15-27-40(33)51-44(34)41/h1-29H. The molecule has 3 aromatic heterocycles. The Kier molecular flexibility index (Phi) is 6.30. The van der Waals surface area contributed by atoms with Gasteiger partial charge in [-0.25, -0.2) is 0 Å². The number of hydrogen-bond acceptors (Lipinski definition) is 3. The number of aromatic nitrogens is 3. The molecule has 3 nitrogen and oxygen atoms in total. The van der Waals surface area contributed by atoms with Gasteiger partial charge in [0.1, 0.15) is 0 Å². The first-order chi connectivity index (χ1) is 25.3. The second kappa shape index (κ2) is 11.1. The van der Waals surface area contributed by atoms with Crippen LogP contribution in [0, 0.1) is 0 Å². The van der Waals surface area contributed by atoms with Gasteiger partial charge >= 0.3 is 303 Å².